The molecule has 2 aliphatic rings. The van der Waals surface area contributed by atoms with E-state index in [0.29, 0.717) is 23.1 Å². The molecule has 2 aromatic carbocycles. The summed E-state index contributed by atoms with van der Waals surface area (Å²) >= 11 is 12.5. The Bertz CT molecular complexity index is 945. The van der Waals surface area contributed by atoms with Gasteiger partial charge in [0.1, 0.15) is 11.5 Å². The third-order valence-electron chi connectivity index (χ3n) is 6.49. The van der Waals surface area contributed by atoms with Gasteiger partial charge in [-0.1, -0.05) is 35.3 Å². The summed E-state index contributed by atoms with van der Waals surface area (Å²) < 4.78 is 5.94. The van der Waals surface area contributed by atoms with Crippen molar-refractivity contribution < 1.29 is 14.6 Å². The van der Waals surface area contributed by atoms with E-state index in [4.69, 9.17) is 27.9 Å². The quantitative estimate of drug-likeness (QED) is 0.565. The Balaban J connectivity index is 1.18. The fourth-order valence-corrected chi connectivity index (χ4v) is 5.01. The summed E-state index contributed by atoms with van der Waals surface area (Å²) in [5.74, 6) is 0.501. The number of ketones is 1. The van der Waals surface area contributed by atoms with Crippen molar-refractivity contribution in [3.05, 3.63) is 57.6 Å². The number of hydrogen-bond donors (Lipinski definition) is 1. The summed E-state index contributed by atoms with van der Waals surface area (Å²) in [6.45, 7) is 5.45. The molecule has 0 radical (unpaired) electrons. The van der Waals surface area contributed by atoms with Gasteiger partial charge in [-0.15, -0.1) is 0 Å². The van der Waals surface area contributed by atoms with Crippen LogP contribution in [-0.4, -0.2) is 61.7 Å². The number of ether oxygens (including phenoxy) is 1. The average molecular weight is 477 g/mol. The number of rotatable bonds is 8. The summed E-state index contributed by atoms with van der Waals surface area (Å²) in [6.07, 6.45) is 3.31. The van der Waals surface area contributed by atoms with Crippen LogP contribution in [0.25, 0.3) is 0 Å². The van der Waals surface area contributed by atoms with Crippen LogP contribution < -0.4 is 9.64 Å². The van der Waals surface area contributed by atoms with Crippen LogP contribution in [-0.2, 0) is 11.2 Å². The number of piperazine rings is 1. The molecule has 1 saturated heterocycles. The van der Waals surface area contributed by atoms with Gasteiger partial charge in [-0.3, -0.25) is 9.69 Å². The number of fused-ring (bicyclic) bond motifs is 1. The Morgan fingerprint density at radius 3 is 2.62 bits per heavy atom. The number of aliphatic hydroxyl groups is 1. The van der Waals surface area contributed by atoms with E-state index in [0.717, 1.165) is 74.6 Å². The largest absolute Gasteiger partial charge is 0.494 e. The Morgan fingerprint density at radius 1 is 1.03 bits per heavy atom. The maximum atomic E-state index is 12.1. The molecule has 4 rings (SSSR count). The van der Waals surface area contributed by atoms with Crippen molar-refractivity contribution in [1.29, 1.82) is 0 Å². The van der Waals surface area contributed by atoms with E-state index < -0.39 is 5.92 Å². The third kappa shape index (κ3) is 5.40. The van der Waals surface area contributed by atoms with Gasteiger partial charge in [0, 0.05) is 32.6 Å². The van der Waals surface area contributed by atoms with E-state index in [2.05, 4.69) is 9.80 Å². The van der Waals surface area contributed by atoms with Gasteiger partial charge >= 0.3 is 0 Å². The van der Waals surface area contributed by atoms with Crippen molar-refractivity contribution >= 4 is 34.7 Å². The van der Waals surface area contributed by atoms with Crippen molar-refractivity contribution in [2.45, 2.75) is 31.6 Å². The predicted molar refractivity (Wildman–Crippen MR) is 129 cm³/mol. The minimum absolute atomic E-state index is 0.120. The number of carbonyl (C=O) groups is 1. The molecule has 0 spiro atoms. The number of aryl methyl sites for hydroxylation is 1. The molecule has 5 nitrogen and oxygen atoms in total. The predicted octanol–water partition coefficient (Wildman–Crippen LogP) is 4.57. The van der Waals surface area contributed by atoms with Crippen LogP contribution in [0.1, 0.15) is 36.3 Å². The Labute approximate surface area is 199 Å². The lowest BCUT2D eigenvalue weighted by Gasteiger charge is -2.36. The van der Waals surface area contributed by atoms with Gasteiger partial charge in [-0.2, -0.15) is 0 Å². The smallest absolute Gasteiger partial charge is 0.142 e. The molecular formula is C25H30Cl2N2O3. The Morgan fingerprint density at radius 2 is 1.84 bits per heavy atom. The highest BCUT2D eigenvalue weighted by Gasteiger charge is 2.27. The highest BCUT2D eigenvalue weighted by Crippen LogP contribution is 2.33. The number of unbranched alkanes of at least 4 members (excludes halogenated alkanes) is 1. The van der Waals surface area contributed by atoms with E-state index in [1.165, 1.54) is 0 Å². The van der Waals surface area contributed by atoms with Crippen molar-refractivity contribution in [3.8, 4) is 5.75 Å². The first-order valence-electron chi connectivity index (χ1n) is 11.4. The first-order valence-corrected chi connectivity index (χ1v) is 12.1. The minimum atomic E-state index is -0.400. The monoisotopic (exact) mass is 476 g/mol. The molecule has 0 amide bonds. The lowest BCUT2D eigenvalue weighted by Crippen LogP contribution is -2.46. The minimum Gasteiger partial charge on any atom is -0.494 e. The van der Waals surface area contributed by atoms with Gasteiger partial charge in [0.15, 0.2) is 0 Å². The van der Waals surface area contributed by atoms with Crippen LogP contribution in [0.5, 0.6) is 5.75 Å². The summed E-state index contributed by atoms with van der Waals surface area (Å²) in [5, 5.41) is 10.8. The number of carbonyl (C=O) groups excluding carboxylic acids is 1. The molecule has 1 fully saturated rings. The fourth-order valence-electron chi connectivity index (χ4n) is 4.60. The van der Waals surface area contributed by atoms with E-state index >= 15 is 0 Å². The molecule has 32 heavy (non-hydrogen) atoms. The van der Waals surface area contributed by atoms with E-state index in [1.54, 1.807) is 0 Å². The van der Waals surface area contributed by atoms with Crippen LogP contribution in [0.3, 0.4) is 0 Å². The Hall–Kier alpha value is -1.79. The number of halogens is 2. The summed E-state index contributed by atoms with van der Waals surface area (Å²) in [7, 11) is 0. The van der Waals surface area contributed by atoms with Gasteiger partial charge in [0.2, 0.25) is 0 Å². The molecule has 0 bridgehead atoms. The second-order valence-electron chi connectivity index (χ2n) is 8.52. The van der Waals surface area contributed by atoms with Gasteiger partial charge in [-0.25, -0.2) is 0 Å². The average Bonchev–Trinajstić information content (AvgIpc) is 2.81. The van der Waals surface area contributed by atoms with Crippen molar-refractivity contribution in [2.24, 2.45) is 0 Å². The number of nitrogens with zero attached hydrogens (tertiary/aromatic N) is 2. The normalized spacial score (nSPS) is 19.2. The second kappa shape index (κ2) is 10.9. The number of anilines is 1. The number of benzene rings is 2. The van der Waals surface area contributed by atoms with Crippen molar-refractivity contribution in [3.63, 3.8) is 0 Å². The highest BCUT2D eigenvalue weighted by molar-refractivity contribution is 6.43. The second-order valence-corrected chi connectivity index (χ2v) is 9.30. The number of hydrogen-bond acceptors (Lipinski definition) is 5. The molecule has 1 unspecified atom stereocenters. The van der Waals surface area contributed by atoms with Gasteiger partial charge in [0.05, 0.1) is 34.9 Å². The molecule has 1 N–H and O–H groups in total. The molecule has 172 valence electrons. The lowest BCUT2D eigenvalue weighted by molar-refractivity contribution is -0.121. The van der Waals surface area contributed by atoms with Crippen molar-refractivity contribution in [1.82, 2.24) is 4.90 Å². The standard InChI is InChI=1S/C25H30Cl2N2O3/c26-22-4-3-5-23(25(22)27)29-13-11-28(12-14-29)10-1-2-15-32-19-8-6-18-7-9-24(31)21(17-30)20(18)16-19/h3-6,8,16,21,30H,1-2,7,9-15,17H2. The zero-order chi connectivity index (χ0) is 22.5. The molecular weight excluding hydrogens is 447 g/mol. The third-order valence-corrected chi connectivity index (χ3v) is 7.30. The van der Waals surface area contributed by atoms with Gasteiger partial charge in [0.25, 0.3) is 0 Å². The molecule has 0 aromatic heterocycles. The van der Waals surface area contributed by atoms with E-state index in [-0.39, 0.29) is 12.4 Å². The fraction of sp³-hybridized carbons (Fsp3) is 0.480. The summed E-state index contributed by atoms with van der Waals surface area (Å²) in [6, 6.07) is 11.7. The molecule has 7 heteroatoms. The first kappa shape index (κ1) is 23.4. The molecule has 1 aliphatic heterocycles. The summed E-state index contributed by atoms with van der Waals surface area (Å²) in [5.41, 5.74) is 3.09. The maximum absolute atomic E-state index is 12.1. The first-order chi connectivity index (χ1) is 15.6. The highest BCUT2D eigenvalue weighted by atomic mass is 35.5. The molecule has 1 atom stereocenters. The SMILES string of the molecule is O=C1CCc2ccc(OCCCCN3CCN(c4cccc(Cl)c4Cl)CC3)cc2C1CO. The molecule has 1 heterocycles. The Kier molecular flexibility index (Phi) is 7.95. The van der Waals surface area contributed by atoms with Gasteiger partial charge < -0.3 is 14.7 Å². The molecule has 1 aliphatic carbocycles. The zero-order valence-corrected chi connectivity index (χ0v) is 19.7. The van der Waals surface area contributed by atoms with Crippen LogP contribution in [0.2, 0.25) is 10.0 Å². The number of Topliss-reactive ketones (excluding diaryl/α,β-unsaturated/α-hetero) is 1. The lowest BCUT2D eigenvalue weighted by atomic mass is 9.82. The number of aliphatic hydroxyl groups excluding tert-OH is 1. The van der Waals surface area contributed by atoms with E-state index in [9.17, 15) is 9.90 Å². The van der Waals surface area contributed by atoms with E-state index in [1.807, 2.05) is 36.4 Å². The molecule has 2 aromatic rings. The molecule has 0 saturated carbocycles. The van der Waals surface area contributed by atoms with Crippen molar-refractivity contribution in [2.75, 3.05) is 50.8 Å². The van der Waals surface area contributed by atoms with Crippen LogP contribution in [0, 0.1) is 0 Å². The van der Waals surface area contributed by atoms with Crippen LogP contribution >= 0.6 is 23.2 Å². The topological polar surface area (TPSA) is 53.0 Å². The summed E-state index contributed by atoms with van der Waals surface area (Å²) in [4.78, 5) is 16.8. The zero-order valence-electron chi connectivity index (χ0n) is 18.2. The van der Waals surface area contributed by atoms with Crippen LogP contribution in [0.4, 0.5) is 5.69 Å². The maximum Gasteiger partial charge on any atom is 0.142 e. The van der Waals surface area contributed by atoms with Gasteiger partial charge in [-0.05, 0) is 61.2 Å². The van der Waals surface area contributed by atoms with Crippen LogP contribution in [0.15, 0.2) is 36.4 Å².